The van der Waals surface area contributed by atoms with Crippen molar-refractivity contribution >= 4 is 41.2 Å². The lowest BCUT2D eigenvalue weighted by molar-refractivity contribution is -0.122. The highest BCUT2D eigenvalue weighted by molar-refractivity contribution is 6.39. The van der Waals surface area contributed by atoms with Crippen molar-refractivity contribution in [1.29, 1.82) is 0 Å². The van der Waals surface area contributed by atoms with Gasteiger partial charge in [-0.3, -0.25) is 14.9 Å². The third-order valence-corrected chi connectivity index (χ3v) is 5.08. The van der Waals surface area contributed by atoms with E-state index >= 15 is 0 Å². The summed E-state index contributed by atoms with van der Waals surface area (Å²) in [6.45, 7) is 0.172. The van der Waals surface area contributed by atoms with Crippen molar-refractivity contribution in [1.82, 2.24) is 5.32 Å². The molecule has 0 spiro atoms. The standard InChI is InChI=1S/C24H16ClFN2O5/c25-20-12-15(3-10-21(20)33-13-14-1-4-16(26)5-2-14)11-19-22(30)27-24(32)28(23(19)31)17-6-8-18(29)9-7-17/h1-12,29H,13H2,(H,27,30,32)/b19-11+. The largest absolute Gasteiger partial charge is 0.508 e. The van der Waals surface area contributed by atoms with Crippen LogP contribution in [0.1, 0.15) is 11.1 Å². The number of urea groups is 1. The number of benzene rings is 3. The van der Waals surface area contributed by atoms with Crippen LogP contribution in [0.2, 0.25) is 5.02 Å². The number of rotatable bonds is 5. The predicted octanol–water partition coefficient (Wildman–Crippen LogP) is 4.43. The van der Waals surface area contributed by atoms with Gasteiger partial charge in [0.1, 0.15) is 29.5 Å². The van der Waals surface area contributed by atoms with Gasteiger partial charge in [0.15, 0.2) is 0 Å². The SMILES string of the molecule is O=C1NC(=O)N(c2ccc(O)cc2)C(=O)/C1=C/c1ccc(OCc2ccc(F)cc2)c(Cl)c1. The van der Waals surface area contributed by atoms with E-state index in [0.29, 0.717) is 11.3 Å². The van der Waals surface area contributed by atoms with Gasteiger partial charge in [0, 0.05) is 0 Å². The summed E-state index contributed by atoms with van der Waals surface area (Å²) >= 11 is 6.29. The zero-order valence-electron chi connectivity index (χ0n) is 16.9. The van der Waals surface area contributed by atoms with E-state index in [0.717, 1.165) is 10.5 Å². The number of imide groups is 2. The maximum Gasteiger partial charge on any atom is 0.335 e. The average Bonchev–Trinajstić information content (AvgIpc) is 2.78. The van der Waals surface area contributed by atoms with Crippen LogP contribution in [0.4, 0.5) is 14.9 Å². The van der Waals surface area contributed by atoms with Gasteiger partial charge >= 0.3 is 6.03 Å². The second kappa shape index (κ2) is 9.13. The average molecular weight is 467 g/mol. The van der Waals surface area contributed by atoms with Gasteiger partial charge in [0.25, 0.3) is 11.8 Å². The molecule has 7 nitrogen and oxygen atoms in total. The van der Waals surface area contributed by atoms with Crippen LogP contribution in [0, 0.1) is 5.82 Å². The van der Waals surface area contributed by atoms with Gasteiger partial charge in [0.2, 0.25) is 0 Å². The number of barbiturate groups is 1. The highest BCUT2D eigenvalue weighted by Gasteiger charge is 2.36. The maximum atomic E-state index is 13.0. The molecule has 0 bridgehead atoms. The molecule has 1 aliphatic rings. The Morgan fingerprint density at radius 1 is 1.00 bits per heavy atom. The number of phenols is 1. The van der Waals surface area contributed by atoms with Gasteiger partial charge < -0.3 is 9.84 Å². The Labute approximate surface area is 192 Å². The van der Waals surface area contributed by atoms with E-state index in [1.54, 1.807) is 24.3 Å². The zero-order chi connectivity index (χ0) is 23.5. The monoisotopic (exact) mass is 466 g/mol. The normalized spacial score (nSPS) is 15.0. The van der Waals surface area contributed by atoms with Crippen LogP contribution in [0.5, 0.6) is 11.5 Å². The number of amides is 4. The van der Waals surface area contributed by atoms with Gasteiger partial charge in [0.05, 0.1) is 10.7 Å². The fraction of sp³-hybridized carbons (Fsp3) is 0.0417. The number of nitrogens with zero attached hydrogens (tertiary/aromatic N) is 1. The summed E-state index contributed by atoms with van der Waals surface area (Å²) in [4.78, 5) is 38.2. The van der Waals surface area contributed by atoms with Crippen molar-refractivity contribution in [2.45, 2.75) is 6.61 Å². The van der Waals surface area contributed by atoms with Crippen LogP contribution in [0.3, 0.4) is 0 Å². The lowest BCUT2D eigenvalue weighted by Crippen LogP contribution is -2.54. The molecule has 1 fully saturated rings. The Hall–Kier alpha value is -4.17. The third kappa shape index (κ3) is 4.86. The molecule has 0 unspecified atom stereocenters. The van der Waals surface area contributed by atoms with Crippen molar-refractivity contribution in [3.8, 4) is 11.5 Å². The van der Waals surface area contributed by atoms with E-state index in [2.05, 4.69) is 5.32 Å². The summed E-state index contributed by atoms with van der Waals surface area (Å²) < 4.78 is 18.7. The van der Waals surface area contributed by atoms with Crippen LogP contribution in [-0.2, 0) is 16.2 Å². The Balaban J connectivity index is 1.55. The molecular formula is C24H16ClFN2O5. The first-order valence-electron chi connectivity index (χ1n) is 9.69. The summed E-state index contributed by atoms with van der Waals surface area (Å²) in [5, 5.41) is 11.8. The molecule has 4 rings (SSSR count). The molecule has 4 amide bonds. The van der Waals surface area contributed by atoms with Crippen LogP contribution < -0.4 is 15.0 Å². The van der Waals surface area contributed by atoms with Crippen molar-refractivity contribution in [2.75, 3.05) is 4.90 Å². The lowest BCUT2D eigenvalue weighted by Gasteiger charge is -2.26. The fourth-order valence-corrected chi connectivity index (χ4v) is 3.37. The smallest absolute Gasteiger partial charge is 0.335 e. The first-order valence-corrected chi connectivity index (χ1v) is 10.1. The van der Waals surface area contributed by atoms with Gasteiger partial charge in [-0.05, 0) is 65.7 Å². The molecule has 3 aromatic rings. The number of phenolic OH excluding ortho intramolecular Hbond substituents is 1. The molecule has 0 aromatic heterocycles. The van der Waals surface area contributed by atoms with Crippen LogP contribution in [0.15, 0.2) is 72.3 Å². The quantitative estimate of drug-likeness (QED) is 0.428. The molecule has 0 saturated carbocycles. The molecule has 2 N–H and O–H groups in total. The van der Waals surface area contributed by atoms with Gasteiger partial charge in [-0.15, -0.1) is 0 Å². The van der Waals surface area contributed by atoms with Crippen LogP contribution in [-0.4, -0.2) is 23.0 Å². The molecule has 33 heavy (non-hydrogen) atoms. The number of aromatic hydroxyl groups is 1. The number of anilines is 1. The minimum absolute atomic E-state index is 0.0353. The highest BCUT2D eigenvalue weighted by atomic mass is 35.5. The summed E-state index contributed by atoms with van der Waals surface area (Å²) in [5.74, 6) is -1.67. The number of hydrogen-bond donors (Lipinski definition) is 2. The van der Waals surface area contributed by atoms with E-state index < -0.39 is 17.8 Å². The van der Waals surface area contributed by atoms with Gasteiger partial charge in [-0.2, -0.15) is 0 Å². The van der Waals surface area contributed by atoms with E-state index in [9.17, 15) is 23.9 Å². The second-order valence-electron chi connectivity index (χ2n) is 7.08. The summed E-state index contributed by atoms with van der Waals surface area (Å²) in [5.41, 5.74) is 1.12. The Morgan fingerprint density at radius 2 is 1.70 bits per heavy atom. The minimum atomic E-state index is -0.893. The van der Waals surface area contributed by atoms with Crippen molar-refractivity contribution < 1.29 is 28.6 Å². The van der Waals surface area contributed by atoms with Crippen LogP contribution >= 0.6 is 11.6 Å². The molecule has 9 heteroatoms. The van der Waals surface area contributed by atoms with Crippen molar-refractivity contribution in [3.05, 3.63) is 94.3 Å². The lowest BCUT2D eigenvalue weighted by atomic mass is 10.1. The number of halogens is 2. The summed E-state index contributed by atoms with van der Waals surface area (Å²) in [6.07, 6.45) is 1.31. The number of carbonyl (C=O) groups excluding carboxylic acids is 3. The number of hydrogen-bond acceptors (Lipinski definition) is 5. The summed E-state index contributed by atoms with van der Waals surface area (Å²) in [7, 11) is 0. The molecule has 0 aliphatic carbocycles. The first-order chi connectivity index (χ1) is 15.8. The third-order valence-electron chi connectivity index (χ3n) is 4.78. The Morgan fingerprint density at radius 3 is 2.36 bits per heavy atom. The molecule has 3 aromatic carbocycles. The Bertz CT molecular complexity index is 1270. The molecule has 1 saturated heterocycles. The molecule has 1 aliphatic heterocycles. The predicted molar refractivity (Wildman–Crippen MR) is 119 cm³/mol. The molecule has 0 atom stereocenters. The topological polar surface area (TPSA) is 95.9 Å². The molecular weight excluding hydrogens is 451 g/mol. The molecule has 1 heterocycles. The highest BCUT2D eigenvalue weighted by Crippen LogP contribution is 2.29. The maximum absolute atomic E-state index is 13.0. The van der Waals surface area contributed by atoms with E-state index in [-0.39, 0.29) is 34.5 Å². The number of carbonyl (C=O) groups is 3. The van der Waals surface area contributed by atoms with E-state index in [4.69, 9.17) is 16.3 Å². The van der Waals surface area contributed by atoms with Crippen LogP contribution in [0.25, 0.3) is 6.08 Å². The minimum Gasteiger partial charge on any atom is -0.508 e. The van der Waals surface area contributed by atoms with Crippen molar-refractivity contribution in [2.24, 2.45) is 0 Å². The van der Waals surface area contributed by atoms with Crippen molar-refractivity contribution in [3.63, 3.8) is 0 Å². The Kier molecular flexibility index (Phi) is 6.10. The zero-order valence-corrected chi connectivity index (χ0v) is 17.7. The van der Waals surface area contributed by atoms with Gasteiger partial charge in [-0.1, -0.05) is 29.8 Å². The van der Waals surface area contributed by atoms with E-state index in [1.807, 2.05) is 0 Å². The fourth-order valence-electron chi connectivity index (χ4n) is 3.13. The first kappa shape index (κ1) is 22.0. The van der Waals surface area contributed by atoms with E-state index in [1.165, 1.54) is 48.5 Å². The summed E-state index contributed by atoms with van der Waals surface area (Å²) in [6, 6.07) is 15.0. The molecule has 0 radical (unpaired) electrons. The van der Waals surface area contributed by atoms with Gasteiger partial charge in [-0.25, -0.2) is 14.1 Å². The molecule has 166 valence electrons. The second-order valence-corrected chi connectivity index (χ2v) is 7.49. The number of ether oxygens (including phenoxy) is 1. The number of nitrogens with one attached hydrogen (secondary N) is 1.